The quantitative estimate of drug-likeness (QED) is 0.822. The Morgan fingerprint density at radius 2 is 2.17 bits per heavy atom. The topological polar surface area (TPSA) is 41.6 Å². The Hall–Kier alpha value is -1.39. The molecule has 4 heteroatoms. The first-order valence-corrected chi connectivity index (χ1v) is 6.30. The third kappa shape index (κ3) is 3.55. The van der Waals surface area contributed by atoms with Gasteiger partial charge in [0, 0.05) is 30.9 Å². The maximum atomic E-state index is 11.2. The average molecular weight is 248 g/mol. The number of hydrogen-bond donors (Lipinski definition) is 1. The molecular weight excluding hydrogens is 228 g/mol. The maximum Gasteiger partial charge on any atom is 0.159 e. The van der Waals surface area contributed by atoms with Crippen LogP contribution in [-0.4, -0.2) is 50.1 Å². The molecule has 98 valence electrons. The summed E-state index contributed by atoms with van der Waals surface area (Å²) in [5.41, 5.74) is 1.77. The van der Waals surface area contributed by atoms with Gasteiger partial charge in [-0.2, -0.15) is 0 Å². The summed E-state index contributed by atoms with van der Waals surface area (Å²) in [6.07, 6.45) is 0.233. The number of hydrogen-bond acceptors (Lipinski definition) is 4. The van der Waals surface area contributed by atoms with Crippen LogP contribution in [0.3, 0.4) is 0 Å². The Balaban J connectivity index is 1.84. The van der Waals surface area contributed by atoms with E-state index >= 15 is 0 Å². The lowest BCUT2D eigenvalue weighted by Gasteiger charge is -2.30. The van der Waals surface area contributed by atoms with Crippen molar-refractivity contribution in [2.24, 2.45) is 0 Å². The zero-order valence-corrected chi connectivity index (χ0v) is 11.0. The number of benzene rings is 1. The third-order valence-corrected chi connectivity index (χ3v) is 3.17. The second-order valence-corrected chi connectivity index (χ2v) is 4.77. The van der Waals surface area contributed by atoms with E-state index in [1.54, 1.807) is 6.92 Å². The molecule has 1 aromatic carbocycles. The number of ether oxygens (including phenoxy) is 1. The lowest BCUT2D eigenvalue weighted by atomic mass is 10.1. The summed E-state index contributed by atoms with van der Waals surface area (Å²) in [6.45, 7) is 5.13. The van der Waals surface area contributed by atoms with Gasteiger partial charge in [0.05, 0.1) is 12.7 Å². The molecule has 2 rings (SSSR count). The molecule has 1 aromatic rings. The van der Waals surface area contributed by atoms with Crippen LogP contribution in [0.5, 0.6) is 0 Å². The molecule has 0 amide bonds. The molecule has 1 aliphatic rings. The summed E-state index contributed by atoms with van der Waals surface area (Å²) in [5.74, 6) is 0.0961. The minimum absolute atomic E-state index is 0.0961. The van der Waals surface area contributed by atoms with E-state index in [2.05, 4.69) is 17.3 Å². The van der Waals surface area contributed by atoms with Crippen LogP contribution in [0.4, 0.5) is 5.69 Å². The van der Waals surface area contributed by atoms with Gasteiger partial charge in [-0.05, 0) is 38.2 Å². The number of likely N-dealkylation sites (N-methyl/N-ethyl adjacent to an activating group) is 1. The number of carbonyl (C=O) groups is 1. The number of morpholine rings is 1. The van der Waals surface area contributed by atoms with Gasteiger partial charge in [0.15, 0.2) is 5.78 Å². The number of rotatable bonds is 4. The van der Waals surface area contributed by atoms with Gasteiger partial charge < -0.3 is 15.0 Å². The van der Waals surface area contributed by atoms with Gasteiger partial charge in [0.1, 0.15) is 0 Å². The Bertz CT molecular complexity index is 403. The predicted octanol–water partition coefficient (Wildman–Crippen LogP) is 1.63. The van der Waals surface area contributed by atoms with E-state index in [1.165, 1.54) is 0 Å². The SMILES string of the molecule is CC(=O)c1ccc(NCC2CN(C)CCO2)cc1. The Morgan fingerprint density at radius 1 is 1.44 bits per heavy atom. The Morgan fingerprint density at radius 3 is 2.78 bits per heavy atom. The molecule has 18 heavy (non-hydrogen) atoms. The molecule has 0 saturated carbocycles. The highest BCUT2D eigenvalue weighted by atomic mass is 16.5. The van der Waals surface area contributed by atoms with E-state index < -0.39 is 0 Å². The van der Waals surface area contributed by atoms with Crippen molar-refractivity contribution in [1.82, 2.24) is 4.90 Å². The number of anilines is 1. The molecule has 1 heterocycles. The van der Waals surface area contributed by atoms with Gasteiger partial charge in [0.2, 0.25) is 0 Å². The van der Waals surface area contributed by atoms with Crippen molar-refractivity contribution >= 4 is 11.5 Å². The maximum absolute atomic E-state index is 11.2. The van der Waals surface area contributed by atoms with Crippen molar-refractivity contribution in [3.8, 4) is 0 Å². The molecule has 1 aliphatic heterocycles. The molecule has 0 aliphatic carbocycles. The fourth-order valence-electron chi connectivity index (χ4n) is 2.04. The van der Waals surface area contributed by atoms with Gasteiger partial charge in [-0.1, -0.05) is 0 Å². The molecule has 4 nitrogen and oxygen atoms in total. The second kappa shape index (κ2) is 5.98. The number of nitrogens with zero attached hydrogens (tertiary/aromatic N) is 1. The van der Waals surface area contributed by atoms with E-state index in [-0.39, 0.29) is 11.9 Å². The minimum Gasteiger partial charge on any atom is -0.382 e. The zero-order chi connectivity index (χ0) is 13.0. The first-order chi connectivity index (χ1) is 8.65. The minimum atomic E-state index is 0.0961. The summed E-state index contributed by atoms with van der Waals surface area (Å²) in [5, 5.41) is 3.34. The number of ketones is 1. The van der Waals surface area contributed by atoms with E-state index in [0.29, 0.717) is 0 Å². The number of nitrogens with one attached hydrogen (secondary N) is 1. The van der Waals surface area contributed by atoms with Crippen molar-refractivity contribution in [2.45, 2.75) is 13.0 Å². The van der Waals surface area contributed by atoms with Crippen LogP contribution in [0.15, 0.2) is 24.3 Å². The average Bonchev–Trinajstić information content (AvgIpc) is 2.37. The standard InChI is InChI=1S/C14H20N2O2/c1-11(17)12-3-5-13(6-4-12)15-9-14-10-16(2)7-8-18-14/h3-6,14-15H,7-10H2,1-2H3. The second-order valence-electron chi connectivity index (χ2n) is 4.77. The third-order valence-electron chi connectivity index (χ3n) is 3.17. The smallest absolute Gasteiger partial charge is 0.159 e. The predicted molar refractivity (Wildman–Crippen MR) is 72.2 cm³/mol. The van der Waals surface area contributed by atoms with Gasteiger partial charge in [0.25, 0.3) is 0 Å². The van der Waals surface area contributed by atoms with Crippen molar-refractivity contribution in [1.29, 1.82) is 0 Å². The zero-order valence-electron chi connectivity index (χ0n) is 11.0. The van der Waals surface area contributed by atoms with Crippen molar-refractivity contribution < 1.29 is 9.53 Å². The molecule has 1 N–H and O–H groups in total. The van der Waals surface area contributed by atoms with Gasteiger partial charge in [-0.15, -0.1) is 0 Å². The van der Waals surface area contributed by atoms with Crippen molar-refractivity contribution in [3.05, 3.63) is 29.8 Å². The molecule has 0 aromatic heterocycles. The molecule has 1 fully saturated rings. The van der Waals surface area contributed by atoms with E-state index in [9.17, 15) is 4.79 Å². The molecular formula is C14H20N2O2. The molecule has 0 bridgehead atoms. The lowest BCUT2D eigenvalue weighted by Crippen LogP contribution is -2.43. The summed E-state index contributed by atoms with van der Waals surface area (Å²) < 4.78 is 5.67. The summed E-state index contributed by atoms with van der Waals surface area (Å²) in [7, 11) is 2.11. The molecule has 1 unspecified atom stereocenters. The van der Waals surface area contributed by atoms with Gasteiger partial charge in [-0.25, -0.2) is 0 Å². The number of Topliss-reactive ketones (excluding diaryl/α,β-unsaturated/α-hetero) is 1. The normalized spacial score (nSPS) is 20.7. The van der Waals surface area contributed by atoms with Gasteiger partial charge in [-0.3, -0.25) is 4.79 Å². The highest BCUT2D eigenvalue weighted by Gasteiger charge is 2.16. The van der Waals surface area contributed by atoms with Crippen LogP contribution < -0.4 is 5.32 Å². The van der Waals surface area contributed by atoms with E-state index in [1.807, 2.05) is 24.3 Å². The Labute approximate surface area is 108 Å². The Kier molecular flexibility index (Phi) is 4.33. The first kappa shape index (κ1) is 13.1. The van der Waals surface area contributed by atoms with Crippen molar-refractivity contribution in [2.75, 3.05) is 38.6 Å². The molecule has 0 radical (unpaired) electrons. The van der Waals surface area contributed by atoms with E-state index in [0.717, 1.165) is 37.5 Å². The van der Waals surface area contributed by atoms with Crippen molar-refractivity contribution in [3.63, 3.8) is 0 Å². The van der Waals surface area contributed by atoms with Gasteiger partial charge >= 0.3 is 0 Å². The van der Waals surface area contributed by atoms with Crippen LogP contribution in [0.1, 0.15) is 17.3 Å². The number of carbonyl (C=O) groups excluding carboxylic acids is 1. The van der Waals surface area contributed by atoms with Crippen LogP contribution >= 0.6 is 0 Å². The van der Waals surface area contributed by atoms with Crippen LogP contribution in [-0.2, 0) is 4.74 Å². The van der Waals surface area contributed by atoms with Crippen LogP contribution in [0.2, 0.25) is 0 Å². The molecule has 1 atom stereocenters. The first-order valence-electron chi connectivity index (χ1n) is 6.30. The molecule has 0 spiro atoms. The van der Waals surface area contributed by atoms with Crippen LogP contribution in [0.25, 0.3) is 0 Å². The largest absolute Gasteiger partial charge is 0.382 e. The molecule has 1 saturated heterocycles. The fourth-order valence-corrected chi connectivity index (χ4v) is 2.04. The highest BCUT2D eigenvalue weighted by molar-refractivity contribution is 5.94. The van der Waals surface area contributed by atoms with E-state index in [4.69, 9.17) is 4.74 Å². The lowest BCUT2D eigenvalue weighted by molar-refractivity contribution is -0.0117. The highest BCUT2D eigenvalue weighted by Crippen LogP contribution is 2.11. The summed E-state index contributed by atoms with van der Waals surface area (Å²) >= 11 is 0. The van der Waals surface area contributed by atoms with Crippen LogP contribution in [0, 0.1) is 0 Å². The summed E-state index contributed by atoms with van der Waals surface area (Å²) in [6, 6.07) is 7.56. The summed E-state index contributed by atoms with van der Waals surface area (Å²) in [4.78, 5) is 13.4. The fraction of sp³-hybridized carbons (Fsp3) is 0.500. The monoisotopic (exact) mass is 248 g/mol.